The first-order chi connectivity index (χ1) is 9.32. The molecule has 6 heteroatoms. The van der Waals surface area contributed by atoms with Gasteiger partial charge in [0.05, 0.1) is 0 Å². The second-order valence-electron chi connectivity index (χ2n) is 5.68. The fourth-order valence-electron chi connectivity index (χ4n) is 1.97. The van der Waals surface area contributed by atoms with Crippen LogP contribution in [0.5, 0.6) is 0 Å². The number of benzene rings is 1. The van der Waals surface area contributed by atoms with Gasteiger partial charge in [0, 0.05) is 22.8 Å². The van der Waals surface area contributed by atoms with Gasteiger partial charge in [-0.1, -0.05) is 25.9 Å². The molecule has 1 unspecified atom stereocenters. The summed E-state index contributed by atoms with van der Waals surface area (Å²) in [5.74, 6) is 0.995. The Balaban J connectivity index is 2.35. The predicted octanol–water partition coefficient (Wildman–Crippen LogP) is 3.81. The Labute approximate surface area is 126 Å². The first-order valence-electron chi connectivity index (χ1n) is 6.24. The number of hydrogen-bond acceptors (Lipinski definition) is 5. The second-order valence-corrected chi connectivity index (χ2v) is 6.53. The number of rotatable bonds is 3. The molecule has 1 heterocycles. The molecule has 2 N–H and O–H groups in total. The van der Waals surface area contributed by atoms with Crippen LogP contribution in [0.1, 0.15) is 32.7 Å². The fourth-order valence-corrected chi connectivity index (χ4v) is 2.34. The molecule has 0 bridgehead atoms. The summed E-state index contributed by atoms with van der Waals surface area (Å²) in [6.07, 6.45) is -0.225. The van der Waals surface area contributed by atoms with E-state index in [1.807, 2.05) is 12.1 Å². The first-order valence-corrected chi connectivity index (χ1v) is 7.04. The molecule has 1 aromatic heterocycles. The molecular formula is C14H18BrN3O2. The van der Waals surface area contributed by atoms with Gasteiger partial charge in [0.25, 0.3) is 5.89 Å². The monoisotopic (exact) mass is 339 g/mol. The molecule has 0 radical (unpaired) electrons. The summed E-state index contributed by atoms with van der Waals surface area (Å²) < 4.78 is 11.6. The number of nitrogens with zero attached hydrogens (tertiary/aromatic N) is 2. The summed E-state index contributed by atoms with van der Waals surface area (Å²) >= 11 is 3.38. The zero-order valence-corrected chi connectivity index (χ0v) is 13.6. The van der Waals surface area contributed by atoms with Crippen molar-refractivity contribution in [1.82, 2.24) is 10.1 Å². The lowest BCUT2D eigenvalue weighted by molar-refractivity contribution is 0.00718. The molecule has 2 aromatic rings. The number of ether oxygens (including phenoxy) is 1. The van der Waals surface area contributed by atoms with E-state index in [4.69, 9.17) is 15.0 Å². The predicted molar refractivity (Wildman–Crippen MR) is 81.1 cm³/mol. The summed E-state index contributed by atoms with van der Waals surface area (Å²) in [4.78, 5) is 4.42. The Morgan fingerprint density at radius 3 is 2.60 bits per heavy atom. The van der Waals surface area contributed by atoms with Crippen molar-refractivity contribution >= 4 is 21.6 Å². The molecule has 0 aliphatic heterocycles. The van der Waals surface area contributed by atoms with Gasteiger partial charge in [-0.25, -0.2) is 0 Å². The zero-order chi connectivity index (χ0) is 14.9. The van der Waals surface area contributed by atoms with Crippen molar-refractivity contribution in [3.63, 3.8) is 0 Å². The summed E-state index contributed by atoms with van der Waals surface area (Å²) in [6.45, 7) is 6.20. The number of methoxy groups -OCH3 is 1. The lowest BCUT2D eigenvalue weighted by Gasteiger charge is -2.26. The van der Waals surface area contributed by atoms with E-state index < -0.39 is 0 Å². The molecule has 0 aliphatic rings. The molecule has 1 aromatic carbocycles. The van der Waals surface area contributed by atoms with Crippen molar-refractivity contribution < 1.29 is 9.26 Å². The van der Waals surface area contributed by atoms with Crippen LogP contribution in [0.3, 0.4) is 0 Å². The number of hydrogen-bond donors (Lipinski definition) is 1. The van der Waals surface area contributed by atoms with Gasteiger partial charge in [-0.2, -0.15) is 4.98 Å². The second kappa shape index (κ2) is 5.54. The average molecular weight is 340 g/mol. The summed E-state index contributed by atoms with van der Waals surface area (Å²) in [5.41, 5.74) is 7.13. The average Bonchev–Trinajstić information content (AvgIpc) is 2.81. The normalized spacial score (nSPS) is 13.4. The third-order valence-corrected chi connectivity index (χ3v) is 3.63. The van der Waals surface area contributed by atoms with Crippen molar-refractivity contribution in [2.24, 2.45) is 5.41 Å². The van der Waals surface area contributed by atoms with Crippen molar-refractivity contribution in [2.75, 3.05) is 12.8 Å². The van der Waals surface area contributed by atoms with Crippen LogP contribution in [0.15, 0.2) is 27.2 Å². The van der Waals surface area contributed by atoms with E-state index in [0.29, 0.717) is 17.4 Å². The Bertz CT molecular complexity index is 605. The lowest BCUT2D eigenvalue weighted by Crippen LogP contribution is -2.21. The maximum atomic E-state index is 5.77. The van der Waals surface area contributed by atoms with Crippen LogP contribution >= 0.6 is 15.9 Å². The molecule has 5 nitrogen and oxygen atoms in total. The highest BCUT2D eigenvalue weighted by molar-refractivity contribution is 9.10. The molecule has 0 spiro atoms. The van der Waals surface area contributed by atoms with E-state index in [2.05, 4.69) is 46.8 Å². The molecular weight excluding hydrogens is 322 g/mol. The van der Waals surface area contributed by atoms with Gasteiger partial charge in [-0.3, -0.25) is 0 Å². The number of aromatic nitrogens is 2. The van der Waals surface area contributed by atoms with Gasteiger partial charge in [0.1, 0.15) is 6.10 Å². The topological polar surface area (TPSA) is 74.2 Å². The van der Waals surface area contributed by atoms with E-state index >= 15 is 0 Å². The van der Waals surface area contributed by atoms with E-state index in [-0.39, 0.29) is 11.5 Å². The minimum absolute atomic E-state index is 0.113. The van der Waals surface area contributed by atoms with Gasteiger partial charge in [0.2, 0.25) is 5.82 Å². The first kappa shape index (κ1) is 15.0. The van der Waals surface area contributed by atoms with E-state index in [1.54, 1.807) is 13.2 Å². The van der Waals surface area contributed by atoms with Gasteiger partial charge >= 0.3 is 0 Å². The van der Waals surface area contributed by atoms with E-state index in [9.17, 15) is 0 Å². The molecule has 0 fully saturated rings. The Kier molecular flexibility index (Phi) is 4.15. The van der Waals surface area contributed by atoms with Crippen molar-refractivity contribution in [3.8, 4) is 11.5 Å². The lowest BCUT2D eigenvalue weighted by atomic mass is 9.88. The minimum Gasteiger partial charge on any atom is -0.398 e. The molecule has 20 heavy (non-hydrogen) atoms. The van der Waals surface area contributed by atoms with Gasteiger partial charge < -0.3 is 15.0 Å². The van der Waals surface area contributed by atoms with E-state index in [1.165, 1.54) is 0 Å². The maximum absolute atomic E-state index is 5.77. The molecule has 0 amide bonds. The third kappa shape index (κ3) is 3.02. The molecule has 0 saturated carbocycles. The number of anilines is 1. The Morgan fingerprint density at radius 2 is 2.05 bits per heavy atom. The van der Waals surface area contributed by atoms with Crippen LogP contribution in [-0.4, -0.2) is 17.3 Å². The largest absolute Gasteiger partial charge is 0.398 e. The quantitative estimate of drug-likeness (QED) is 0.860. The molecule has 0 saturated heterocycles. The van der Waals surface area contributed by atoms with Crippen molar-refractivity contribution in [1.29, 1.82) is 0 Å². The fraction of sp³-hybridized carbons (Fsp3) is 0.429. The number of nitrogen functional groups attached to an aromatic ring is 1. The summed E-state index contributed by atoms with van der Waals surface area (Å²) in [7, 11) is 1.64. The van der Waals surface area contributed by atoms with Crippen LogP contribution in [0.4, 0.5) is 5.69 Å². The summed E-state index contributed by atoms with van der Waals surface area (Å²) in [6, 6.07) is 5.49. The van der Waals surface area contributed by atoms with Crippen LogP contribution < -0.4 is 5.73 Å². The number of halogens is 1. The smallest absolute Gasteiger partial charge is 0.258 e. The van der Waals surface area contributed by atoms with Crippen LogP contribution in [0.25, 0.3) is 11.5 Å². The number of nitrogens with two attached hydrogens (primary N) is 1. The van der Waals surface area contributed by atoms with Gasteiger partial charge in [-0.15, -0.1) is 0 Å². The Morgan fingerprint density at radius 1 is 1.35 bits per heavy atom. The van der Waals surface area contributed by atoms with Crippen molar-refractivity contribution in [3.05, 3.63) is 28.5 Å². The zero-order valence-electron chi connectivity index (χ0n) is 12.0. The molecule has 0 aliphatic carbocycles. The standard InChI is InChI=1S/C14H18BrN3O2/c1-14(2,3)11(19-4)12-17-13(20-18-12)8-5-6-10(16)9(15)7-8/h5-7,11H,16H2,1-4H3. The molecule has 108 valence electrons. The SMILES string of the molecule is COC(c1noc(-c2ccc(N)c(Br)c2)n1)C(C)(C)C. The summed E-state index contributed by atoms with van der Waals surface area (Å²) in [5, 5.41) is 4.02. The van der Waals surface area contributed by atoms with Crippen LogP contribution in [0.2, 0.25) is 0 Å². The highest BCUT2D eigenvalue weighted by atomic mass is 79.9. The van der Waals surface area contributed by atoms with Crippen LogP contribution in [0, 0.1) is 5.41 Å². The maximum Gasteiger partial charge on any atom is 0.258 e. The van der Waals surface area contributed by atoms with E-state index in [0.717, 1.165) is 10.0 Å². The third-order valence-electron chi connectivity index (χ3n) is 2.95. The van der Waals surface area contributed by atoms with Crippen LogP contribution in [-0.2, 0) is 4.74 Å². The van der Waals surface area contributed by atoms with Gasteiger partial charge in [-0.05, 0) is 39.5 Å². The van der Waals surface area contributed by atoms with Gasteiger partial charge in [0.15, 0.2) is 0 Å². The molecule has 1 atom stereocenters. The highest BCUT2D eigenvalue weighted by Gasteiger charge is 2.30. The van der Waals surface area contributed by atoms with Crippen molar-refractivity contribution in [2.45, 2.75) is 26.9 Å². The minimum atomic E-state index is -0.225. The highest BCUT2D eigenvalue weighted by Crippen LogP contribution is 2.35. The molecule has 2 rings (SSSR count). The Hall–Kier alpha value is -1.40.